The SMILES string of the molecule is CCc1[nH]c2nc(Sc3cnc4ccc[n+](O)c4c3)nc(N3CC4C(N)C4C3)c2c1Cl. The highest BCUT2D eigenvalue weighted by Crippen LogP contribution is 2.47. The zero-order valence-electron chi connectivity index (χ0n) is 16.8. The number of nitrogens with two attached hydrogens (primary N) is 1. The first kappa shape index (κ1) is 19.1. The first-order valence-corrected chi connectivity index (χ1v) is 11.5. The molecule has 1 saturated heterocycles. The van der Waals surface area contributed by atoms with E-state index in [-0.39, 0.29) is 0 Å². The van der Waals surface area contributed by atoms with Crippen molar-refractivity contribution >= 4 is 51.2 Å². The number of aromatic nitrogens is 5. The Balaban J connectivity index is 1.43. The Morgan fingerprint density at radius 1 is 1.35 bits per heavy atom. The minimum absolute atomic E-state index is 0.309. The molecule has 1 aliphatic heterocycles. The molecule has 4 aromatic heterocycles. The number of nitrogens with one attached hydrogen (secondary N) is 1. The Bertz CT molecular complexity index is 1330. The van der Waals surface area contributed by atoms with Gasteiger partial charge in [0.05, 0.1) is 10.4 Å². The van der Waals surface area contributed by atoms with Gasteiger partial charge in [0.25, 0.3) is 5.52 Å². The number of halogens is 1. The number of H-pyrrole nitrogens is 1. The van der Waals surface area contributed by atoms with Crippen molar-refractivity contribution in [2.75, 3.05) is 18.0 Å². The molecule has 4 N–H and O–H groups in total. The molecule has 2 atom stereocenters. The van der Waals surface area contributed by atoms with Gasteiger partial charge in [0.2, 0.25) is 6.20 Å². The van der Waals surface area contributed by atoms with Crippen molar-refractivity contribution in [2.24, 2.45) is 17.6 Å². The maximum Gasteiger partial charge on any atom is 0.283 e. The molecule has 10 heteroatoms. The number of anilines is 1. The smallest absolute Gasteiger partial charge is 0.283 e. The van der Waals surface area contributed by atoms with Gasteiger partial charge in [-0.15, -0.1) is 0 Å². The van der Waals surface area contributed by atoms with Gasteiger partial charge in [-0.1, -0.05) is 18.5 Å². The Kier molecular flexibility index (Phi) is 4.28. The van der Waals surface area contributed by atoms with Gasteiger partial charge in [-0.05, 0) is 36.1 Å². The Morgan fingerprint density at radius 3 is 2.94 bits per heavy atom. The van der Waals surface area contributed by atoms with E-state index in [0.717, 1.165) is 51.7 Å². The lowest BCUT2D eigenvalue weighted by molar-refractivity contribution is -0.884. The lowest BCUT2D eigenvalue weighted by atomic mass is 10.2. The van der Waals surface area contributed by atoms with E-state index >= 15 is 0 Å². The minimum atomic E-state index is 0.309. The summed E-state index contributed by atoms with van der Waals surface area (Å²) in [5.41, 5.74) is 9.18. The molecule has 158 valence electrons. The van der Waals surface area contributed by atoms with Crippen LogP contribution in [0.3, 0.4) is 0 Å². The number of pyridine rings is 2. The Morgan fingerprint density at radius 2 is 2.16 bits per heavy atom. The summed E-state index contributed by atoms with van der Waals surface area (Å²) in [6, 6.07) is 5.79. The average Bonchev–Trinajstić information content (AvgIpc) is 3.09. The molecule has 0 bridgehead atoms. The summed E-state index contributed by atoms with van der Waals surface area (Å²) in [7, 11) is 0. The number of aromatic amines is 1. The highest BCUT2D eigenvalue weighted by Gasteiger charge is 2.54. The van der Waals surface area contributed by atoms with Crippen LogP contribution in [0.4, 0.5) is 5.82 Å². The molecule has 0 radical (unpaired) electrons. The second kappa shape index (κ2) is 6.94. The molecule has 5 heterocycles. The van der Waals surface area contributed by atoms with E-state index in [4.69, 9.17) is 27.3 Å². The fourth-order valence-electron chi connectivity index (χ4n) is 4.55. The molecular formula is C21H21ClN7OS+. The van der Waals surface area contributed by atoms with Crippen LogP contribution in [0.1, 0.15) is 12.6 Å². The summed E-state index contributed by atoms with van der Waals surface area (Å²) in [5.74, 6) is 1.93. The Hall–Kier alpha value is -2.62. The van der Waals surface area contributed by atoms with Crippen LogP contribution in [0.25, 0.3) is 22.1 Å². The van der Waals surface area contributed by atoms with Gasteiger partial charge in [-0.25, -0.2) is 15.0 Å². The lowest BCUT2D eigenvalue weighted by Gasteiger charge is -2.21. The van der Waals surface area contributed by atoms with Crippen LogP contribution < -0.4 is 15.4 Å². The number of fused-ring (bicyclic) bond motifs is 3. The van der Waals surface area contributed by atoms with Gasteiger partial charge in [0.15, 0.2) is 5.16 Å². The van der Waals surface area contributed by atoms with Crippen LogP contribution in [0, 0.1) is 11.8 Å². The van der Waals surface area contributed by atoms with Crippen molar-refractivity contribution in [2.45, 2.75) is 29.4 Å². The van der Waals surface area contributed by atoms with Crippen molar-refractivity contribution in [1.82, 2.24) is 19.9 Å². The monoisotopic (exact) mass is 454 g/mol. The molecule has 0 amide bonds. The molecule has 2 unspecified atom stereocenters. The molecule has 6 rings (SSSR count). The quantitative estimate of drug-likeness (QED) is 0.247. The highest BCUT2D eigenvalue weighted by molar-refractivity contribution is 7.99. The zero-order valence-corrected chi connectivity index (χ0v) is 18.4. The summed E-state index contributed by atoms with van der Waals surface area (Å²) in [5, 5.41) is 12.3. The fraction of sp³-hybridized carbons (Fsp3) is 0.333. The lowest BCUT2D eigenvalue weighted by Crippen LogP contribution is -2.30. The van der Waals surface area contributed by atoms with E-state index in [0.29, 0.717) is 39.1 Å². The number of aryl methyl sites for hydroxylation is 1. The van der Waals surface area contributed by atoms with Crippen LogP contribution >= 0.6 is 23.4 Å². The number of rotatable bonds is 4. The third-order valence-electron chi connectivity index (χ3n) is 6.35. The summed E-state index contributed by atoms with van der Waals surface area (Å²) in [6.45, 7) is 3.86. The van der Waals surface area contributed by atoms with Crippen molar-refractivity contribution in [3.63, 3.8) is 0 Å². The zero-order chi connectivity index (χ0) is 21.3. The molecule has 8 nitrogen and oxygen atoms in total. The maximum absolute atomic E-state index is 10.1. The maximum atomic E-state index is 10.1. The number of piperidine rings is 1. The summed E-state index contributed by atoms with van der Waals surface area (Å²) < 4.78 is 1.07. The van der Waals surface area contributed by atoms with Crippen molar-refractivity contribution < 1.29 is 9.94 Å². The molecule has 1 aliphatic carbocycles. The molecule has 0 spiro atoms. The molecule has 0 aromatic carbocycles. The summed E-state index contributed by atoms with van der Waals surface area (Å²) in [6.07, 6.45) is 4.14. The predicted molar refractivity (Wildman–Crippen MR) is 119 cm³/mol. The van der Waals surface area contributed by atoms with E-state index in [1.165, 1.54) is 11.8 Å². The van der Waals surface area contributed by atoms with Gasteiger partial charge in [0.1, 0.15) is 17.0 Å². The third-order valence-corrected chi connectivity index (χ3v) is 7.59. The normalized spacial score (nSPS) is 22.4. The van der Waals surface area contributed by atoms with E-state index in [2.05, 4.69) is 21.8 Å². The second-order valence-corrected chi connectivity index (χ2v) is 9.58. The topological polar surface area (TPSA) is 108 Å². The van der Waals surface area contributed by atoms with Crippen LogP contribution in [-0.4, -0.2) is 44.3 Å². The van der Waals surface area contributed by atoms with Gasteiger partial charge < -0.3 is 15.6 Å². The number of hydrogen-bond donors (Lipinski definition) is 3. The van der Waals surface area contributed by atoms with Gasteiger partial charge in [-0.3, -0.25) is 5.21 Å². The third kappa shape index (κ3) is 3.02. The van der Waals surface area contributed by atoms with Gasteiger partial charge >= 0.3 is 0 Å². The predicted octanol–water partition coefficient (Wildman–Crippen LogP) is 2.79. The fourth-order valence-corrected chi connectivity index (χ4v) is 5.66. The van der Waals surface area contributed by atoms with Crippen LogP contribution in [0.5, 0.6) is 0 Å². The largest absolute Gasteiger partial charge is 0.355 e. The van der Waals surface area contributed by atoms with E-state index in [9.17, 15) is 5.21 Å². The first-order chi connectivity index (χ1) is 15.0. The molecular weight excluding hydrogens is 434 g/mol. The van der Waals surface area contributed by atoms with Gasteiger partial charge in [0, 0.05) is 52.8 Å². The van der Waals surface area contributed by atoms with Crippen LogP contribution in [-0.2, 0) is 6.42 Å². The van der Waals surface area contributed by atoms with Crippen LogP contribution in [0.2, 0.25) is 5.02 Å². The first-order valence-electron chi connectivity index (χ1n) is 10.3. The summed E-state index contributed by atoms with van der Waals surface area (Å²) >= 11 is 8.11. The van der Waals surface area contributed by atoms with Crippen LogP contribution in [0.15, 0.2) is 40.6 Å². The van der Waals surface area contributed by atoms with Crippen molar-refractivity contribution in [3.8, 4) is 0 Å². The van der Waals surface area contributed by atoms with Crippen molar-refractivity contribution in [3.05, 3.63) is 41.3 Å². The van der Waals surface area contributed by atoms with E-state index in [1.807, 2.05) is 12.1 Å². The molecule has 4 aromatic rings. The summed E-state index contributed by atoms with van der Waals surface area (Å²) in [4.78, 5) is 20.6. The second-order valence-electron chi connectivity index (χ2n) is 8.16. The molecule has 1 saturated carbocycles. The average molecular weight is 455 g/mol. The van der Waals surface area contributed by atoms with Gasteiger partial charge in [-0.2, -0.15) is 0 Å². The highest BCUT2D eigenvalue weighted by atomic mass is 35.5. The number of hydrogen-bond acceptors (Lipinski definition) is 7. The molecule has 2 fully saturated rings. The number of nitrogens with zero attached hydrogens (tertiary/aromatic N) is 5. The Labute approximate surface area is 187 Å². The van der Waals surface area contributed by atoms with Crippen molar-refractivity contribution in [1.29, 1.82) is 0 Å². The standard InChI is InChI=1S/C21H21ClN7OS/c1-2-13-17(22)16-19(25-13)26-21(27-20(16)28-8-11-12(9-28)18(11)23)31-10-6-15-14(24-7-10)4-3-5-29(15)30/h3-7,11-12,18,30H,2,8-9,23H2,1H3,(H,25,26,27)/q+1. The minimum Gasteiger partial charge on any atom is -0.355 e. The van der Waals surface area contributed by atoms with E-state index < -0.39 is 0 Å². The molecule has 2 aliphatic rings. The van der Waals surface area contributed by atoms with E-state index in [1.54, 1.807) is 18.5 Å². The molecule has 31 heavy (non-hydrogen) atoms.